The molecule has 13 heavy (non-hydrogen) atoms. The van der Waals surface area contributed by atoms with E-state index in [4.69, 9.17) is 39.9 Å². The van der Waals surface area contributed by atoms with Gasteiger partial charge in [-0.25, -0.2) is 4.39 Å². The number of aliphatic hydroxyl groups excluding tert-OH is 1. The molecule has 0 atom stereocenters. The Morgan fingerprint density at radius 2 is 1.92 bits per heavy atom. The van der Waals surface area contributed by atoms with Crippen LogP contribution >= 0.6 is 34.8 Å². The van der Waals surface area contributed by atoms with E-state index in [2.05, 4.69) is 0 Å². The van der Waals surface area contributed by atoms with Crippen molar-refractivity contribution in [2.24, 2.45) is 0 Å². The normalized spacial score (nSPS) is 11.8. The van der Waals surface area contributed by atoms with Gasteiger partial charge in [-0.1, -0.05) is 40.9 Å². The highest BCUT2D eigenvalue weighted by Gasteiger charge is 2.25. The number of rotatable bonds is 1. The summed E-state index contributed by atoms with van der Waals surface area (Å²) in [4.78, 5) is 0. The standard InChI is InChI=1S/C8H6Cl3FO/c9-8(10,11)7-2-1-6(12)3-5(7)4-13/h1-3,13H,4H2. The molecule has 0 aliphatic heterocycles. The molecule has 1 rings (SSSR count). The summed E-state index contributed by atoms with van der Waals surface area (Å²) < 4.78 is 11.0. The molecule has 0 unspecified atom stereocenters. The van der Waals surface area contributed by atoms with E-state index < -0.39 is 9.61 Å². The lowest BCUT2D eigenvalue weighted by Gasteiger charge is -2.14. The Labute approximate surface area is 90.0 Å². The van der Waals surface area contributed by atoms with Crippen molar-refractivity contribution in [2.75, 3.05) is 0 Å². The van der Waals surface area contributed by atoms with Crippen molar-refractivity contribution in [2.45, 2.75) is 10.4 Å². The van der Waals surface area contributed by atoms with Crippen LogP contribution in [0.2, 0.25) is 0 Å². The molecule has 0 amide bonds. The molecule has 72 valence electrons. The Morgan fingerprint density at radius 3 is 2.38 bits per heavy atom. The second-order valence-electron chi connectivity index (χ2n) is 2.46. The average molecular weight is 243 g/mol. The van der Waals surface area contributed by atoms with E-state index in [1.807, 2.05) is 0 Å². The summed E-state index contributed by atoms with van der Waals surface area (Å²) >= 11 is 16.8. The molecule has 5 heteroatoms. The molecular weight excluding hydrogens is 237 g/mol. The molecule has 0 saturated heterocycles. The molecule has 1 aromatic rings. The Morgan fingerprint density at radius 1 is 1.31 bits per heavy atom. The molecular formula is C8H6Cl3FO. The van der Waals surface area contributed by atoms with Crippen molar-refractivity contribution < 1.29 is 9.50 Å². The van der Waals surface area contributed by atoms with Crippen LogP contribution in [0.1, 0.15) is 11.1 Å². The van der Waals surface area contributed by atoms with Crippen LogP contribution in [-0.4, -0.2) is 5.11 Å². The van der Waals surface area contributed by atoms with Gasteiger partial charge in [-0.15, -0.1) is 0 Å². The van der Waals surface area contributed by atoms with Gasteiger partial charge in [-0.05, 0) is 17.7 Å². The van der Waals surface area contributed by atoms with Gasteiger partial charge >= 0.3 is 0 Å². The fourth-order valence-corrected chi connectivity index (χ4v) is 1.52. The second-order valence-corrected chi connectivity index (χ2v) is 4.74. The Hall–Kier alpha value is -0.0200. The summed E-state index contributed by atoms with van der Waals surface area (Å²) in [7, 11) is 0. The van der Waals surface area contributed by atoms with Gasteiger partial charge < -0.3 is 5.11 Å². The van der Waals surface area contributed by atoms with Gasteiger partial charge in [-0.2, -0.15) is 0 Å². The molecule has 0 heterocycles. The molecule has 0 aromatic heterocycles. The summed E-state index contributed by atoms with van der Waals surface area (Å²) in [5, 5.41) is 8.86. The maximum atomic E-state index is 12.7. The van der Waals surface area contributed by atoms with E-state index in [0.29, 0.717) is 5.56 Å². The van der Waals surface area contributed by atoms with Crippen LogP contribution in [0.25, 0.3) is 0 Å². The summed E-state index contributed by atoms with van der Waals surface area (Å²) in [6.45, 7) is -0.360. The van der Waals surface area contributed by atoms with E-state index in [9.17, 15) is 4.39 Å². The van der Waals surface area contributed by atoms with Crippen LogP contribution < -0.4 is 0 Å². The first-order chi connectivity index (χ1) is 5.95. The third-order valence-electron chi connectivity index (χ3n) is 1.54. The minimum atomic E-state index is -1.63. The van der Waals surface area contributed by atoms with Gasteiger partial charge in [0.25, 0.3) is 0 Å². The van der Waals surface area contributed by atoms with Crippen LogP contribution in [0.5, 0.6) is 0 Å². The molecule has 0 aliphatic carbocycles. The fourth-order valence-electron chi connectivity index (χ4n) is 0.970. The Bertz CT molecular complexity index is 309. The smallest absolute Gasteiger partial charge is 0.216 e. The van der Waals surface area contributed by atoms with Gasteiger partial charge in [0.05, 0.1) is 6.61 Å². The van der Waals surface area contributed by atoms with Crippen LogP contribution in [0.4, 0.5) is 4.39 Å². The first-order valence-electron chi connectivity index (χ1n) is 3.41. The first-order valence-corrected chi connectivity index (χ1v) is 4.55. The number of alkyl halides is 3. The van der Waals surface area contributed by atoms with Crippen LogP contribution in [0, 0.1) is 5.82 Å². The summed E-state index contributed by atoms with van der Waals surface area (Å²) in [5.74, 6) is -0.470. The topological polar surface area (TPSA) is 20.2 Å². The van der Waals surface area contributed by atoms with Gasteiger partial charge in [0.2, 0.25) is 3.79 Å². The molecule has 0 bridgehead atoms. The fraction of sp³-hybridized carbons (Fsp3) is 0.250. The van der Waals surface area contributed by atoms with Crippen LogP contribution in [0.3, 0.4) is 0 Å². The minimum Gasteiger partial charge on any atom is -0.392 e. The number of hydrogen-bond acceptors (Lipinski definition) is 1. The van der Waals surface area contributed by atoms with Crippen molar-refractivity contribution in [3.63, 3.8) is 0 Å². The maximum absolute atomic E-state index is 12.7. The van der Waals surface area contributed by atoms with E-state index in [-0.39, 0.29) is 12.2 Å². The molecule has 0 saturated carbocycles. The van der Waals surface area contributed by atoms with Crippen molar-refractivity contribution >= 4 is 34.8 Å². The highest BCUT2D eigenvalue weighted by molar-refractivity contribution is 6.66. The highest BCUT2D eigenvalue weighted by Crippen LogP contribution is 2.40. The number of halogens is 4. The van der Waals surface area contributed by atoms with E-state index >= 15 is 0 Å². The lowest BCUT2D eigenvalue weighted by Crippen LogP contribution is -2.05. The molecule has 0 fully saturated rings. The zero-order chi connectivity index (χ0) is 10.1. The molecule has 0 radical (unpaired) electrons. The predicted octanol–water partition coefficient (Wildman–Crippen LogP) is 3.14. The zero-order valence-corrected chi connectivity index (χ0v) is 8.67. The lowest BCUT2D eigenvalue weighted by molar-refractivity contribution is 0.280. The molecule has 1 aromatic carbocycles. The molecule has 1 N–H and O–H groups in total. The minimum absolute atomic E-state index is 0.278. The Balaban J connectivity index is 3.22. The third kappa shape index (κ3) is 2.71. The van der Waals surface area contributed by atoms with Crippen LogP contribution in [-0.2, 0) is 10.4 Å². The quantitative estimate of drug-likeness (QED) is 0.751. The van der Waals surface area contributed by atoms with Gasteiger partial charge in [-0.3, -0.25) is 0 Å². The monoisotopic (exact) mass is 242 g/mol. The molecule has 0 spiro atoms. The number of benzene rings is 1. The summed E-state index contributed by atoms with van der Waals surface area (Å²) in [6.07, 6.45) is 0. The average Bonchev–Trinajstić information content (AvgIpc) is 2.01. The van der Waals surface area contributed by atoms with Crippen molar-refractivity contribution in [1.82, 2.24) is 0 Å². The summed E-state index contributed by atoms with van der Waals surface area (Å²) in [5.41, 5.74) is 0.571. The van der Waals surface area contributed by atoms with Gasteiger partial charge in [0, 0.05) is 5.56 Å². The third-order valence-corrected chi connectivity index (χ3v) is 2.15. The largest absolute Gasteiger partial charge is 0.392 e. The van der Waals surface area contributed by atoms with E-state index in [0.717, 1.165) is 6.07 Å². The van der Waals surface area contributed by atoms with E-state index in [1.54, 1.807) is 0 Å². The SMILES string of the molecule is OCc1cc(F)ccc1C(Cl)(Cl)Cl. The van der Waals surface area contributed by atoms with Crippen molar-refractivity contribution in [3.8, 4) is 0 Å². The molecule has 0 aliphatic rings. The second kappa shape index (κ2) is 4.01. The molecule has 1 nitrogen and oxygen atoms in total. The number of aliphatic hydroxyl groups is 1. The van der Waals surface area contributed by atoms with E-state index in [1.165, 1.54) is 12.1 Å². The van der Waals surface area contributed by atoms with Gasteiger partial charge in [0.1, 0.15) is 5.82 Å². The van der Waals surface area contributed by atoms with Gasteiger partial charge in [0.15, 0.2) is 0 Å². The first kappa shape index (κ1) is 11.1. The van der Waals surface area contributed by atoms with Crippen molar-refractivity contribution in [3.05, 3.63) is 35.1 Å². The Kier molecular flexibility index (Phi) is 3.41. The van der Waals surface area contributed by atoms with Crippen LogP contribution in [0.15, 0.2) is 18.2 Å². The maximum Gasteiger partial charge on any atom is 0.216 e. The predicted molar refractivity (Wildman–Crippen MR) is 51.6 cm³/mol. The summed E-state index contributed by atoms with van der Waals surface area (Å²) in [6, 6.07) is 3.65. The van der Waals surface area contributed by atoms with Crippen molar-refractivity contribution in [1.29, 1.82) is 0 Å². The highest BCUT2D eigenvalue weighted by atomic mass is 35.6. The number of hydrogen-bond donors (Lipinski definition) is 1. The lowest BCUT2D eigenvalue weighted by atomic mass is 10.1. The zero-order valence-electron chi connectivity index (χ0n) is 6.40.